The van der Waals surface area contributed by atoms with E-state index >= 15 is 0 Å². The van der Waals surface area contributed by atoms with Crippen molar-refractivity contribution < 1.29 is 8.91 Å². The minimum atomic E-state index is -0.260. The van der Waals surface area contributed by atoms with Crippen molar-refractivity contribution in [1.82, 2.24) is 10.1 Å². The van der Waals surface area contributed by atoms with Gasteiger partial charge in [-0.2, -0.15) is 0 Å². The fraction of sp³-hybridized carbons (Fsp3) is 0.200. The van der Waals surface area contributed by atoms with Crippen LogP contribution in [0.3, 0.4) is 0 Å². The number of benzene rings is 1. The molecule has 2 heterocycles. The lowest BCUT2D eigenvalue weighted by atomic mass is 10.1. The molecule has 3 aromatic rings. The summed E-state index contributed by atoms with van der Waals surface area (Å²) in [6.07, 6.45) is 0. The molecule has 0 saturated carbocycles. The fourth-order valence-corrected chi connectivity index (χ4v) is 2.11. The number of pyridine rings is 1. The number of hydrogen-bond acceptors (Lipinski definition) is 4. The lowest BCUT2D eigenvalue weighted by Crippen LogP contribution is -2.09. The first-order valence-electron chi connectivity index (χ1n) is 6.26. The van der Waals surface area contributed by atoms with E-state index in [9.17, 15) is 4.39 Å². The Morgan fingerprint density at radius 3 is 2.50 bits per heavy atom. The molecular formula is C15H14FN3O. The molecule has 0 aliphatic rings. The van der Waals surface area contributed by atoms with Gasteiger partial charge in [-0.25, -0.2) is 9.37 Å². The molecule has 0 fully saturated rings. The molecule has 0 aliphatic carbocycles. The van der Waals surface area contributed by atoms with Crippen LogP contribution < -0.4 is 4.90 Å². The van der Waals surface area contributed by atoms with E-state index in [0.29, 0.717) is 5.58 Å². The van der Waals surface area contributed by atoms with Gasteiger partial charge in [0.15, 0.2) is 0 Å². The van der Waals surface area contributed by atoms with Gasteiger partial charge in [0.05, 0.1) is 11.4 Å². The van der Waals surface area contributed by atoms with Crippen LogP contribution in [0, 0.1) is 12.7 Å². The van der Waals surface area contributed by atoms with Crippen LogP contribution in [0.5, 0.6) is 0 Å². The van der Waals surface area contributed by atoms with Crippen LogP contribution in [0.2, 0.25) is 0 Å². The van der Waals surface area contributed by atoms with Crippen molar-refractivity contribution in [3.8, 4) is 11.3 Å². The van der Waals surface area contributed by atoms with E-state index in [1.54, 1.807) is 12.1 Å². The normalized spacial score (nSPS) is 11.0. The first-order chi connectivity index (χ1) is 9.56. The lowest BCUT2D eigenvalue weighted by Gasteiger charge is -2.13. The monoisotopic (exact) mass is 271 g/mol. The SMILES string of the molecule is Cc1noc2c(N(C)C)cc(-c3ccc(F)cc3)nc12. The molecule has 4 nitrogen and oxygen atoms in total. The van der Waals surface area contributed by atoms with E-state index in [1.165, 1.54) is 12.1 Å². The van der Waals surface area contributed by atoms with E-state index < -0.39 is 0 Å². The Labute approximate surface area is 115 Å². The van der Waals surface area contributed by atoms with Crippen molar-refractivity contribution in [2.45, 2.75) is 6.92 Å². The molecule has 0 saturated heterocycles. The summed E-state index contributed by atoms with van der Waals surface area (Å²) in [4.78, 5) is 6.52. The van der Waals surface area contributed by atoms with Crippen LogP contribution in [-0.4, -0.2) is 24.2 Å². The third-order valence-corrected chi connectivity index (χ3v) is 3.19. The van der Waals surface area contributed by atoms with Crippen LogP contribution >= 0.6 is 0 Å². The highest BCUT2D eigenvalue weighted by Gasteiger charge is 2.15. The minimum Gasteiger partial charge on any atom is -0.374 e. The van der Waals surface area contributed by atoms with Gasteiger partial charge in [0.25, 0.3) is 0 Å². The Morgan fingerprint density at radius 2 is 1.85 bits per heavy atom. The summed E-state index contributed by atoms with van der Waals surface area (Å²) in [6.45, 7) is 1.85. The quantitative estimate of drug-likeness (QED) is 0.716. The van der Waals surface area contributed by atoms with Gasteiger partial charge in [0, 0.05) is 19.7 Å². The average Bonchev–Trinajstić information content (AvgIpc) is 2.80. The van der Waals surface area contributed by atoms with Crippen LogP contribution in [0.1, 0.15) is 5.69 Å². The molecule has 102 valence electrons. The molecule has 0 unspecified atom stereocenters. The molecule has 2 aromatic heterocycles. The highest BCUT2D eigenvalue weighted by Crippen LogP contribution is 2.31. The summed E-state index contributed by atoms with van der Waals surface area (Å²) in [5.74, 6) is -0.260. The second-order valence-electron chi connectivity index (χ2n) is 4.87. The molecule has 1 aromatic carbocycles. The Hall–Kier alpha value is -2.43. The number of halogens is 1. The van der Waals surface area contributed by atoms with Gasteiger partial charge < -0.3 is 9.42 Å². The number of aromatic nitrogens is 2. The van der Waals surface area contributed by atoms with Crippen molar-refractivity contribution >= 4 is 16.8 Å². The van der Waals surface area contributed by atoms with E-state index in [-0.39, 0.29) is 5.82 Å². The number of anilines is 1. The van der Waals surface area contributed by atoms with E-state index in [4.69, 9.17) is 4.52 Å². The van der Waals surface area contributed by atoms with E-state index in [0.717, 1.165) is 28.2 Å². The zero-order valence-corrected chi connectivity index (χ0v) is 11.5. The van der Waals surface area contributed by atoms with Gasteiger partial charge in [-0.1, -0.05) is 5.16 Å². The standard InChI is InChI=1S/C15H14FN3O/c1-9-14-15(20-18-9)13(19(2)3)8-12(17-14)10-4-6-11(16)7-5-10/h4-8H,1-3H3. The number of fused-ring (bicyclic) bond motifs is 1. The second-order valence-corrected chi connectivity index (χ2v) is 4.87. The van der Waals surface area contributed by atoms with Crippen LogP contribution in [0.25, 0.3) is 22.4 Å². The second kappa shape index (κ2) is 4.59. The van der Waals surface area contributed by atoms with E-state index in [2.05, 4.69) is 10.1 Å². The van der Waals surface area contributed by atoms with Crippen LogP contribution in [0.15, 0.2) is 34.9 Å². The molecule has 0 N–H and O–H groups in total. The van der Waals surface area contributed by atoms with Gasteiger partial charge >= 0.3 is 0 Å². The van der Waals surface area contributed by atoms with E-state index in [1.807, 2.05) is 32.0 Å². The summed E-state index contributed by atoms with van der Waals surface area (Å²) in [6, 6.07) is 8.20. The molecule has 0 bridgehead atoms. The van der Waals surface area contributed by atoms with Crippen molar-refractivity contribution in [3.63, 3.8) is 0 Å². The Morgan fingerprint density at radius 1 is 1.15 bits per heavy atom. The number of aryl methyl sites for hydroxylation is 1. The molecule has 0 aliphatic heterocycles. The van der Waals surface area contributed by atoms with Gasteiger partial charge in [-0.15, -0.1) is 0 Å². The summed E-state index contributed by atoms with van der Waals surface area (Å²) in [5.41, 5.74) is 4.67. The lowest BCUT2D eigenvalue weighted by molar-refractivity contribution is 0.450. The van der Waals surface area contributed by atoms with Gasteiger partial charge in [-0.3, -0.25) is 0 Å². The van der Waals surface area contributed by atoms with Crippen molar-refractivity contribution in [2.75, 3.05) is 19.0 Å². The minimum absolute atomic E-state index is 0.260. The summed E-state index contributed by atoms with van der Waals surface area (Å²) in [5, 5.41) is 3.96. The first-order valence-corrected chi connectivity index (χ1v) is 6.26. The zero-order chi connectivity index (χ0) is 14.3. The number of rotatable bonds is 2. The topological polar surface area (TPSA) is 42.2 Å². The Bertz CT molecular complexity index is 763. The molecule has 0 spiro atoms. The molecule has 5 heteroatoms. The summed E-state index contributed by atoms with van der Waals surface area (Å²) < 4.78 is 18.4. The predicted molar refractivity (Wildman–Crippen MR) is 76.3 cm³/mol. The third kappa shape index (κ3) is 2.01. The van der Waals surface area contributed by atoms with Gasteiger partial charge in [0.2, 0.25) is 5.58 Å². The maximum atomic E-state index is 13.0. The molecule has 0 radical (unpaired) electrons. The number of hydrogen-bond donors (Lipinski definition) is 0. The molecule has 0 amide bonds. The zero-order valence-electron chi connectivity index (χ0n) is 11.5. The largest absolute Gasteiger partial charge is 0.374 e. The smallest absolute Gasteiger partial charge is 0.208 e. The average molecular weight is 271 g/mol. The number of nitrogens with zero attached hydrogens (tertiary/aromatic N) is 3. The van der Waals surface area contributed by atoms with Crippen molar-refractivity contribution in [3.05, 3.63) is 41.8 Å². The van der Waals surface area contributed by atoms with Crippen LogP contribution in [0.4, 0.5) is 10.1 Å². The van der Waals surface area contributed by atoms with Gasteiger partial charge in [0.1, 0.15) is 17.0 Å². The Balaban J connectivity index is 2.26. The maximum absolute atomic E-state index is 13.0. The molecule has 20 heavy (non-hydrogen) atoms. The van der Waals surface area contributed by atoms with Crippen LogP contribution in [-0.2, 0) is 0 Å². The summed E-state index contributed by atoms with van der Waals surface area (Å²) in [7, 11) is 3.86. The third-order valence-electron chi connectivity index (χ3n) is 3.19. The van der Waals surface area contributed by atoms with Crippen molar-refractivity contribution in [2.24, 2.45) is 0 Å². The van der Waals surface area contributed by atoms with Crippen molar-refractivity contribution in [1.29, 1.82) is 0 Å². The predicted octanol–water partition coefficient (Wildman–Crippen LogP) is 3.40. The molecular weight excluding hydrogens is 257 g/mol. The highest BCUT2D eigenvalue weighted by atomic mass is 19.1. The first kappa shape index (κ1) is 12.6. The highest BCUT2D eigenvalue weighted by molar-refractivity contribution is 5.90. The molecule has 0 atom stereocenters. The maximum Gasteiger partial charge on any atom is 0.208 e. The molecule has 3 rings (SSSR count). The Kier molecular flexibility index (Phi) is 2.89. The fourth-order valence-electron chi connectivity index (χ4n) is 2.11. The van der Waals surface area contributed by atoms with Gasteiger partial charge in [-0.05, 0) is 37.3 Å². The summed E-state index contributed by atoms with van der Waals surface area (Å²) >= 11 is 0.